The predicted molar refractivity (Wildman–Crippen MR) is 193 cm³/mol. The summed E-state index contributed by atoms with van der Waals surface area (Å²) in [5, 5.41) is 13.1. The molecule has 6 nitrogen and oxygen atoms in total. The van der Waals surface area contributed by atoms with Gasteiger partial charge in [-0.25, -0.2) is 0 Å². The molecule has 2 atom stereocenters. The van der Waals surface area contributed by atoms with E-state index in [2.05, 4.69) is 43.5 Å². The second kappa shape index (κ2) is 32.5. The molecule has 3 N–H and O–H groups in total. The molecule has 0 aliphatic rings. The van der Waals surface area contributed by atoms with Crippen molar-refractivity contribution in [3.63, 3.8) is 0 Å². The Kier molecular flexibility index (Phi) is 31.5. The molecule has 0 aliphatic carbocycles. The highest BCUT2D eigenvalue weighted by Gasteiger charge is 2.24. The lowest BCUT2D eigenvalue weighted by atomic mass is 10.1. The molecule has 0 heterocycles. The zero-order valence-electron chi connectivity index (χ0n) is 29.2. The summed E-state index contributed by atoms with van der Waals surface area (Å²) in [7, 11) is -4.35. The van der Waals surface area contributed by atoms with Crippen LogP contribution in [0.25, 0.3) is 0 Å². The van der Waals surface area contributed by atoms with E-state index >= 15 is 0 Å². The number of aliphatic hydroxyl groups excluding tert-OH is 1. The average Bonchev–Trinajstić information content (AvgIpc) is 3.00. The summed E-state index contributed by atoms with van der Waals surface area (Å²) in [5.41, 5.74) is 0. The van der Waals surface area contributed by atoms with Crippen LogP contribution in [0.4, 0.5) is 0 Å². The Morgan fingerprint density at radius 3 is 1.40 bits per heavy atom. The smallest absolute Gasteiger partial charge is 0.267 e. The van der Waals surface area contributed by atoms with Crippen molar-refractivity contribution in [2.45, 2.75) is 193 Å². The van der Waals surface area contributed by atoms with Crippen LogP contribution >= 0.6 is 0 Å². The lowest BCUT2D eigenvalue weighted by Crippen LogP contribution is -2.46. The minimum atomic E-state index is -4.35. The van der Waals surface area contributed by atoms with E-state index in [0.717, 1.165) is 38.5 Å². The zero-order chi connectivity index (χ0) is 33.3. The second-order valence-electron chi connectivity index (χ2n) is 12.8. The van der Waals surface area contributed by atoms with E-state index in [1.807, 2.05) is 0 Å². The molecule has 7 heteroatoms. The number of hydrogen-bond acceptors (Lipinski definition) is 4. The summed E-state index contributed by atoms with van der Waals surface area (Å²) in [6.45, 7) is 4.49. The highest BCUT2D eigenvalue weighted by atomic mass is 32.2. The van der Waals surface area contributed by atoms with Crippen molar-refractivity contribution >= 4 is 16.0 Å². The first-order chi connectivity index (χ1) is 21.8. The van der Waals surface area contributed by atoms with Gasteiger partial charge in [0.2, 0.25) is 5.91 Å². The van der Waals surface area contributed by atoms with Crippen LogP contribution in [0, 0.1) is 0 Å². The maximum atomic E-state index is 12.4. The summed E-state index contributed by atoms with van der Waals surface area (Å²) in [6.07, 6.45) is 41.4. The lowest BCUT2D eigenvalue weighted by molar-refractivity contribution is -0.122. The quantitative estimate of drug-likeness (QED) is 0.0371. The average molecular weight is 654 g/mol. The molecular weight excluding hydrogens is 582 g/mol. The Morgan fingerprint density at radius 2 is 0.956 bits per heavy atom. The predicted octanol–water partition coefficient (Wildman–Crippen LogP) is 10.6. The molecule has 0 fully saturated rings. The fraction of sp³-hybridized carbons (Fsp3) is 0.816. The summed E-state index contributed by atoms with van der Waals surface area (Å²) >= 11 is 0. The number of rotatable bonds is 33. The van der Waals surface area contributed by atoms with E-state index in [-0.39, 0.29) is 12.3 Å². The van der Waals surface area contributed by atoms with E-state index in [1.165, 1.54) is 122 Å². The number of allylic oxidation sites excluding steroid dienone is 5. The maximum absolute atomic E-state index is 12.4. The third-order valence-corrected chi connectivity index (χ3v) is 9.08. The van der Waals surface area contributed by atoms with Crippen molar-refractivity contribution in [3.8, 4) is 0 Å². The number of unbranched alkanes of at least 4 members (excludes halogenated alkanes) is 21. The van der Waals surface area contributed by atoms with Gasteiger partial charge in [-0.15, -0.1) is 0 Å². The molecule has 0 aromatic carbocycles. The number of carbonyl (C=O) groups is 1. The molecule has 0 aromatic rings. The van der Waals surface area contributed by atoms with Gasteiger partial charge in [0.1, 0.15) is 0 Å². The molecule has 1 amide bonds. The standard InChI is InChI=1S/C38H71NO5S/c1-3-5-7-9-11-13-15-16-17-18-19-20-21-22-23-24-25-27-29-31-33-37(40)36(35-45(42,43)44)39-38(41)34-32-30-28-26-14-12-10-8-6-4-2/h20-21,24-25,31,33,36-37,40H,3-19,22-23,26-30,32,34-35H2,1-2H3,(H,39,41)(H,42,43,44)/b21-20+,25-24+,33-31+. The fourth-order valence-electron chi connectivity index (χ4n) is 5.48. The van der Waals surface area contributed by atoms with Crippen molar-refractivity contribution in [2.75, 3.05) is 5.75 Å². The topological polar surface area (TPSA) is 104 Å². The molecule has 0 spiro atoms. The minimum absolute atomic E-state index is 0.286. The first-order valence-corrected chi connectivity index (χ1v) is 20.3. The molecule has 0 saturated heterocycles. The van der Waals surface area contributed by atoms with Gasteiger partial charge in [0.15, 0.2) is 0 Å². The molecule has 0 saturated carbocycles. The van der Waals surface area contributed by atoms with E-state index < -0.39 is 28.0 Å². The van der Waals surface area contributed by atoms with Crippen LogP contribution in [0.15, 0.2) is 36.5 Å². The van der Waals surface area contributed by atoms with Crippen molar-refractivity contribution in [2.24, 2.45) is 0 Å². The summed E-state index contributed by atoms with van der Waals surface area (Å²) < 4.78 is 32.3. The molecule has 0 rings (SSSR count). The SMILES string of the molecule is CCCCCCCCCCCC/C=C/CC/C=C/CC/C=C/C(O)C(CS(=O)(=O)O)NC(=O)CCCCCCCCCCCC. The van der Waals surface area contributed by atoms with Crippen molar-refractivity contribution < 1.29 is 22.9 Å². The first kappa shape index (κ1) is 43.6. The van der Waals surface area contributed by atoms with E-state index in [9.17, 15) is 22.9 Å². The second-order valence-corrected chi connectivity index (χ2v) is 14.3. The van der Waals surface area contributed by atoms with Gasteiger partial charge < -0.3 is 10.4 Å². The van der Waals surface area contributed by atoms with Crippen LogP contribution in [0.3, 0.4) is 0 Å². The Labute approximate surface area is 278 Å². The Bertz CT molecular complexity index is 852. The molecular formula is C38H71NO5S. The van der Waals surface area contributed by atoms with Gasteiger partial charge in [-0.2, -0.15) is 8.42 Å². The van der Waals surface area contributed by atoms with Crippen molar-refractivity contribution in [3.05, 3.63) is 36.5 Å². The van der Waals surface area contributed by atoms with Crippen LogP contribution in [0.5, 0.6) is 0 Å². The molecule has 45 heavy (non-hydrogen) atoms. The van der Waals surface area contributed by atoms with Gasteiger partial charge in [-0.1, -0.05) is 166 Å². The molecule has 0 radical (unpaired) electrons. The van der Waals surface area contributed by atoms with Crippen LogP contribution < -0.4 is 5.32 Å². The van der Waals surface area contributed by atoms with E-state index in [0.29, 0.717) is 6.42 Å². The van der Waals surface area contributed by atoms with Crippen LogP contribution in [-0.4, -0.2) is 41.9 Å². The van der Waals surface area contributed by atoms with Gasteiger partial charge in [-0.3, -0.25) is 9.35 Å². The summed E-state index contributed by atoms with van der Waals surface area (Å²) in [5.74, 6) is -1.01. The molecule has 2 unspecified atom stereocenters. The third-order valence-electron chi connectivity index (χ3n) is 8.30. The van der Waals surface area contributed by atoms with E-state index in [4.69, 9.17) is 0 Å². The van der Waals surface area contributed by atoms with Crippen molar-refractivity contribution in [1.29, 1.82) is 0 Å². The van der Waals surface area contributed by atoms with Crippen molar-refractivity contribution in [1.82, 2.24) is 5.32 Å². The number of aliphatic hydroxyl groups is 1. The Hall–Kier alpha value is -1.44. The third kappa shape index (κ3) is 33.7. The largest absolute Gasteiger partial charge is 0.387 e. The van der Waals surface area contributed by atoms with Gasteiger partial charge >= 0.3 is 0 Å². The Morgan fingerprint density at radius 1 is 0.578 bits per heavy atom. The molecule has 264 valence electrons. The van der Waals surface area contributed by atoms with Gasteiger partial charge in [0.25, 0.3) is 10.1 Å². The highest BCUT2D eigenvalue weighted by molar-refractivity contribution is 7.85. The van der Waals surface area contributed by atoms with E-state index in [1.54, 1.807) is 6.08 Å². The van der Waals surface area contributed by atoms with Gasteiger partial charge in [0.05, 0.1) is 17.9 Å². The Balaban J connectivity index is 4.02. The molecule has 0 aliphatic heterocycles. The zero-order valence-corrected chi connectivity index (χ0v) is 30.1. The maximum Gasteiger partial charge on any atom is 0.267 e. The minimum Gasteiger partial charge on any atom is -0.387 e. The fourth-order valence-corrected chi connectivity index (χ4v) is 6.21. The monoisotopic (exact) mass is 654 g/mol. The number of hydrogen-bond donors (Lipinski definition) is 3. The first-order valence-electron chi connectivity index (χ1n) is 18.7. The summed E-state index contributed by atoms with van der Waals surface area (Å²) in [4.78, 5) is 12.4. The van der Waals surface area contributed by atoms with Crippen LogP contribution in [0.1, 0.15) is 181 Å². The van der Waals surface area contributed by atoms with Gasteiger partial charge in [0, 0.05) is 6.42 Å². The number of nitrogens with one attached hydrogen (secondary N) is 1. The normalized spacial score (nSPS) is 13.8. The number of amides is 1. The van der Waals surface area contributed by atoms with Gasteiger partial charge in [-0.05, 0) is 44.9 Å². The highest BCUT2D eigenvalue weighted by Crippen LogP contribution is 2.13. The summed E-state index contributed by atoms with van der Waals surface area (Å²) in [6, 6.07) is -1.07. The molecule has 0 aromatic heterocycles. The van der Waals surface area contributed by atoms with Crippen LogP contribution in [-0.2, 0) is 14.9 Å². The molecule has 0 bridgehead atoms. The number of carbonyl (C=O) groups excluding carboxylic acids is 1. The lowest BCUT2D eigenvalue weighted by Gasteiger charge is -2.21. The van der Waals surface area contributed by atoms with Crippen LogP contribution in [0.2, 0.25) is 0 Å².